The van der Waals surface area contributed by atoms with Gasteiger partial charge in [-0.05, 0) is 60.0 Å². The number of carbonyl (C=O) groups is 1. The lowest BCUT2D eigenvalue weighted by molar-refractivity contribution is 0.0526. The van der Waals surface area contributed by atoms with Crippen LogP contribution in [-0.4, -0.2) is 68.6 Å². The van der Waals surface area contributed by atoms with Gasteiger partial charge >= 0.3 is 6.09 Å². The summed E-state index contributed by atoms with van der Waals surface area (Å²) in [5.74, 6) is 0. The van der Waals surface area contributed by atoms with E-state index in [9.17, 15) is 4.79 Å². The van der Waals surface area contributed by atoms with Crippen LogP contribution in [0, 0.1) is 0 Å². The zero-order chi connectivity index (χ0) is 17.3. The Balaban J connectivity index is 2.11. The van der Waals surface area contributed by atoms with Gasteiger partial charge in [0.2, 0.25) is 0 Å². The van der Waals surface area contributed by atoms with E-state index in [-0.39, 0.29) is 6.09 Å². The number of hydrogen-bond donors (Lipinski definition) is 2. The van der Waals surface area contributed by atoms with Crippen LogP contribution >= 0.6 is 0 Å². The molecule has 1 aliphatic heterocycles. The first kappa shape index (κ1) is 20.2. The summed E-state index contributed by atoms with van der Waals surface area (Å²) in [5, 5.41) is 6.48. The number of nitrogens with zero attached hydrogens (tertiary/aromatic N) is 1. The Morgan fingerprint density at radius 2 is 1.96 bits per heavy atom. The van der Waals surface area contributed by atoms with Crippen molar-refractivity contribution in [1.29, 1.82) is 0 Å². The SMILES string of the molecule is COCCN1CCC(NC(C)CCNC(=O)OC(C)(C)C)CC1. The van der Waals surface area contributed by atoms with E-state index in [0.29, 0.717) is 18.6 Å². The smallest absolute Gasteiger partial charge is 0.407 e. The van der Waals surface area contributed by atoms with Crippen LogP contribution in [0.1, 0.15) is 47.0 Å². The molecule has 23 heavy (non-hydrogen) atoms. The van der Waals surface area contributed by atoms with Crippen molar-refractivity contribution in [2.24, 2.45) is 0 Å². The van der Waals surface area contributed by atoms with Crippen molar-refractivity contribution in [3.63, 3.8) is 0 Å². The van der Waals surface area contributed by atoms with E-state index < -0.39 is 5.60 Å². The molecule has 1 atom stereocenters. The van der Waals surface area contributed by atoms with E-state index in [2.05, 4.69) is 22.5 Å². The van der Waals surface area contributed by atoms with E-state index in [1.807, 2.05) is 20.8 Å². The van der Waals surface area contributed by atoms with Crippen molar-refractivity contribution in [1.82, 2.24) is 15.5 Å². The van der Waals surface area contributed by atoms with Gasteiger partial charge in [0.05, 0.1) is 6.61 Å². The normalized spacial score (nSPS) is 18.7. The molecule has 2 N–H and O–H groups in total. The van der Waals surface area contributed by atoms with E-state index in [1.54, 1.807) is 7.11 Å². The molecule has 1 fully saturated rings. The number of hydrogen-bond acceptors (Lipinski definition) is 5. The molecule has 1 unspecified atom stereocenters. The maximum Gasteiger partial charge on any atom is 0.407 e. The highest BCUT2D eigenvalue weighted by molar-refractivity contribution is 5.67. The third-order valence-electron chi connectivity index (χ3n) is 3.97. The van der Waals surface area contributed by atoms with Crippen LogP contribution in [0.15, 0.2) is 0 Å². The van der Waals surface area contributed by atoms with Gasteiger partial charge in [-0.3, -0.25) is 0 Å². The molecular formula is C17H35N3O3. The fourth-order valence-corrected chi connectivity index (χ4v) is 2.73. The molecule has 0 saturated carbocycles. The second-order valence-corrected chi connectivity index (χ2v) is 7.39. The van der Waals surface area contributed by atoms with E-state index in [1.165, 1.54) is 12.8 Å². The molecule has 1 saturated heterocycles. The Bertz CT molecular complexity index is 336. The predicted octanol–water partition coefficient (Wildman–Crippen LogP) is 1.99. The second-order valence-electron chi connectivity index (χ2n) is 7.39. The Morgan fingerprint density at radius 1 is 1.30 bits per heavy atom. The van der Waals surface area contributed by atoms with Gasteiger partial charge in [-0.2, -0.15) is 0 Å². The molecule has 136 valence electrons. The third kappa shape index (κ3) is 9.79. The largest absolute Gasteiger partial charge is 0.444 e. The summed E-state index contributed by atoms with van der Waals surface area (Å²) in [6, 6.07) is 0.964. The minimum absolute atomic E-state index is 0.337. The number of amides is 1. The van der Waals surface area contributed by atoms with Crippen LogP contribution in [0.5, 0.6) is 0 Å². The van der Waals surface area contributed by atoms with E-state index in [4.69, 9.17) is 9.47 Å². The van der Waals surface area contributed by atoms with Crippen LogP contribution in [-0.2, 0) is 9.47 Å². The highest BCUT2D eigenvalue weighted by atomic mass is 16.6. The summed E-state index contributed by atoms with van der Waals surface area (Å²) in [5.41, 5.74) is -0.440. The highest BCUT2D eigenvalue weighted by Crippen LogP contribution is 2.11. The Hall–Kier alpha value is -0.850. The zero-order valence-electron chi connectivity index (χ0n) is 15.5. The number of rotatable bonds is 8. The van der Waals surface area contributed by atoms with Crippen LogP contribution in [0.4, 0.5) is 4.79 Å². The number of piperidine rings is 1. The van der Waals surface area contributed by atoms with Crippen molar-refractivity contribution in [2.45, 2.75) is 64.6 Å². The standard InChI is InChI=1S/C17H35N3O3/c1-14(6-9-18-16(21)23-17(2,3)4)19-15-7-10-20(11-8-15)12-13-22-5/h14-15,19H,6-13H2,1-5H3,(H,18,21). The number of alkyl carbamates (subject to hydrolysis) is 1. The molecule has 1 aliphatic rings. The Kier molecular flexibility index (Phi) is 8.87. The van der Waals surface area contributed by atoms with Gasteiger partial charge in [0.1, 0.15) is 5.60 Å². The first-order valence-electron chi connectivity index (χ1n) is 8.74. The van der Waals surface area contributed by atoms with Gasteiger partial charge in [-0.15, -0.1) is 0 Å². The maximum absolute atomic E-state index is 11.6. The van der Waals surface area contributed by atoms with E-state index >= 15 is 0 Å². The Morgan fingerprint density at radius 3 is 2.52 bits per heavy atom. The first-order chi connectivity index (χ1) is 10.8. The summed E-state index contributed by atoms with van der Waals surface area (Å²) in [4.78, 5) is 14.0. The predicted molar refractivity (Wildman–Crippen MR) is 92.8 cm³/mol. The van der Waals surface area contributed by atoms with Gasteiger partial charge in [-0.25, -0.2) is 4.79 Å². The molecule has 1 rings (SSSR count). The van der Waals surface area contributed by atoms with Gasteiger partial charge in [0, 0.05) is 32.3 Å². The molecule has 6 nitrogen and oxygen atoms in total. The number of likely N-dealkylation sites (tertiary alicyclic amines) is 1. The first-order valence-corrected chi connectivity index (χ1v) is 8.74. The summed E-state index contributed by atoms with van der Waals surface area (Å²) < 4.78 is 10.4. The third-order valence-corrected chi connectivity index (χ3v) is 3.97. The minimum Gasteiger partial charge on any atom is -0.444 e. The van der Waals surface area contributed by atoms with Gasteiger partial charge in [0.25, 0.3) is 0 Å². The van der Waals surface area contributed by atoms with Gasteiger partial charge < -0.3 is 25.0 Å². The molecule has 1 heterocycles. The quantitative estimate of drug-likeness (QED) is 0.713. The average molecular weight is 329 g/mol. The van der Waals surface area contributed by atoms with Crippen molar-refractivity contribution in [3.8, 4) is 0 Å². The molecule has 0 bridgehead atoms. The molecule has 1 amide bonds. The zero-order valence-corrected chi connectivity index (χ0v) is 15.5. The molecular weight excluding hydrogens is 294 g/mol. The lowest BCUT2D eigenvalue weighted by Gasteiger charge is -2.33. The summed E-state index contributed by atoms with van der Waals surface area (Å²) in [6.07, 6.45) is 2.92. The topological polar surface area (TPSA) is 62.8 Å². The van der Waals surface area contributed by atoms with Crippen LogP contribution in [0.25, 0.3) is 0 Å². The molecule has 0 aliphatic carbocycles. The summed E-state index contributed by atoms with van der Waals surface area (Å²) >= 11 is 0. The maximum atomic E-state index is 11.6. The molecule has 0 aromatic carbocycles. The molecule has 0 radical (unpaired) electrons. The summed E-state index contributed by atoms with van der Waals surface area (Å²) in [7, 11) is 1.75. The average Bonchev–Trinajstić information content (AvgIpc) is 2.44. The summed E-state index contributed by atoms with van der Waals surface area (Å²) in [6.45, 7) is 12.5. The van der Waals surface area contributed by atoms with Crippen LogP contribution in [0.3, 0.4) is 0 Å². The minimum atomic E-state index is -0.440. The molecule has 6 heteroatoms. The monoisotopic (exact) mass is 329 g/mol. The van der Waals surface area contributed by atoms with Crippen molar-refractivity contribution >= 4 is 6.09 Å². The lowest BCUT2D eigenvalue weighted by atomic mass is 10.0. The van der Waals surface area contributed by atoms with E-state index in [0.717, 1.165) is 32.7 Å². The van der Waals surface area contributed by atoms with Crippen molar-refractivity contribution in [2.75, 3.05) is 39.9 Å². The fourth-order valence-electron chi connectivity index (χ4n) is 2.73. The number of carbonyl (C=O) groups excluding carboxylic acids is 1. The second kappa shape index (κ2) is 10.1. The van der Waals surface area contributed by atoms with Crippen LogP contribution in [0.2, 0.25) is 0 Å². The van der Waals surface area contributed by atoms with Gasteiger partial charge in [0.15, 0.2) is 0 Å². The Labute approximate surface area is 141 Å². The van der Waals surface area contributed by atoms with Crippen molar-refractivity contribution < 1.29 is 14.3 Å². The molecule has 0 aromatic heterocycles. The lowest BCUT2D eigenvalue weighted by Crippen LogP contribution is -2.46. The molecule has 0 aromatic rings. The van der Waals surface area contributed by atoms with Crippen molar-refractivity contribution in [3.05, 3.63) is 0 Å². The van der Waals surface area contributed by atoms with Crippen LogP contribution < -0.4 is 10.6 Å². The number of nitrogens with one attached hydrogen (secondary N) is 2. The highest BCUT2D eigenvalue weighted by Gasteiger charge is 2.20. The number of ether oxygens (including phenoxy) is 2. The van der Waals surface area contributed by atoms with Gasteiger partial charge in [-0.1, -0.05) is 0 Å². The number of methoxy groups -OCH3 is 1. The fraction of sp³-hybridized carbons (Fsp3) is 0.941. The molecule has 0 spiro atoms.